The molecule has 4 aromatic rings. The number of aromatic amines is 1. The van der Waals surface area contributed by atoms with Crippen LogP contribution in [0.4, 0.5) is 5.82 Å². The molecule has 0 bridgehead atoms. The first-order chi connectivity index (χ1) is 15.4. The highest BCUT2D eigenvalue weighted by Crippen LogP contribution is 2.40. The SMILES string of the molecule is CCC(N)=C(C=NC)Nc1nc(C)nc2[nH]c3cc(-c4c(C)noc4C)c(OC)cc3c12. The molecule has 4 N–H and O–H groups in total. The van der Waals surface area contributed by atoms with E-state index < -0.39 is 0 Å². The van der Waals surface area contributed by atoms with Gasteiger partial charge in [0.1, 0.15) is 28.8 Å². The summed E-state index contributed by atoms with van der Waals surface area (Å²) in [4.78, 5) is 16.8. The lowest BCUT2D eigenvalue weighted by Gasteiger charge is -2.12. The fourth-order valence-electron chi connectivity index (χ4n) is 3.90. The molecule has 0 aliphatic heterocycles. The van der Waals surface area contributed by atoms with Crippen LogP contribution in [0.2, 0.25) is 0 Å². The van der Waals surface area contributed by atoms with Crippen LogP contribution in [0.25, 0.3) is 33.1 Å². The number of fused-ring (bicyclic) bond motifs is 3. The van der Waals surface area contributed by atoms with Crippen molar-refractivity contribution in [1.82, 2.24) is 20.1 Å². The molecule has 3 aromatic heterocycles. The van der Waals surface area contributed by atoms with Gasteiger partial charge in [-0.3, -0.25) is 4.99 Å². The van der Waals surface area contributed by atoms with E-state index in [1.165, 1.54) is 0 Å². The third-order valence-electron chi connectivity index (χ3n) is 5.42. The number of allylic oxidation sites excluding steroid dienone is 2. The summed E-state index contributed by atoms with van der Waals surface area (Å²) in [5, 5.41) is 9.22. The van der Waals surface area contributed by atoms with Gasteiger partial charge in [-0.05, 0) is 39.3 Å². The Morgan fingerprint density at radius 2 is 2.06 bits per heavy atom. The number of rotatable bonds is 6. The first kappa shape index (κ1) is 21.4. The number of ether oxygens (including phenoxy) is 1. The quantitative estimate of drug-likeness (QED) is 0.385. The van der Waals surface area contributed by atoms with Gasteiger partial charge in [-0.25, -0.2) is 9.97 Å². The molecule has 0 aliphatic rings. The van der Waals surface area contributed by atoms with Gasteiger partial charge in [0.25, 0.3) is 0 Å². The van der Waals surface area contributed by atoms with E-state index in [-0.39, 0.29) is 0 Å². The van der Waals surface area contributed by atoms with Crippen molar-refractivity contribution in [3.8, 4) is 16.9 Å². The summed E-state index contributed by atoms with van der Waals surface area (Å²) >= 11 is 0. The summed E-state index contributed by atoms with van der Waals surface area (Å²) in [5.41, 5.74) is 11.9. The standard InChI is InChI=1S/C23H27N7O2/c1-7-16(24)18(10-25-5)29-23-21-14-9-19(31-6)15(20-11(2)30-32-12(20)3)8-17(14)28-22(21)26-13(4)27-23/h8-10H,7,24H2,1-6H3,(H2,26,27,28,29). The zero-order valence-electron chi connectivity index (χ0n) is 19.1. The van der Waals surface area contributed by atoms with Crippen molar-refractivity contribution in [3.05, 3.63) is 40.8 Å². The van der Waals surface area contributed by atoms with E-state index in [4.69, 9.17) is 15.0 Å². The molecule has 0 fully saturated rings. The van der Waals surface area contributed by atoms with Crippen LogP contribution in [0.15, 0.2) is 33.0 Å². The number of nitrogens with zero attached hydrogens (tertiary/aromatic N) is 4. The molecular formula is C23H27N7O2. The van der Waals surface area contributed by atoms with Gasteiger partial charge in [-0.15, -0.1) is 0 Å². The summed E-state index contributed by atoms with van der Waals surface area (Å²) in [6.07, 6.45) is 2.39. The molecule has 4 rings (SSSR count). The highest BCUT2D eigenvalue weighted by Gasteiger charge is 2.20. The number of hydrogen-bond acceptors (Lipinski definition) is 8. The van der Waals surface area contributed by atoms with Gasteiger partial charge in [0, 0.05) is 35.4 Å². The highest BCUT2D eigenvalue weighted by atomic mass is 16.5. The average molecular weight is 434 g/mol. The van der Waals surface area contributed by atoms with E-state index in [1.54, 1.807) is 20.4 Å². The van der Waals surface area contributed by atoms with Crippen LogP contribution in [-0.2, 0) is 0 Å². The zero-order chi connectivity index (χ0) is 23.0. The first-order valence-electron chi connectivity index (χ1n) is 10.4. The van der Waals surface area contributed by atoms with Gasteiger partial charge in [0.2, 0.25) is 0 Å². The number of aliphatic imine (C=N–C) groups is 1. The summed E-state index contributed by atoms with van der Waals surface area (Å²) in [6, 6.07) is 4.02. The maximum Gasteiger partial charge on any atom is 0.144 e. The van der Waals surface area contributed by atoms with E-state index in [0.29, 0.717) is 35.2 Å². The third kappa shape index (κ3) is 3.55. The number of anilines is 1. The first-order valence-corrected chi connectivity index (χ1v) is 10.4. The van der Waals surface area contributed by atoms with Crippen LogP contribution in [0.1, 0.15) is 30.6 Å². The number of nitrogens with two attached hydrogens (primary N) is 1. The summed E-state index contributed by atoms with van der Waals surface area (Å²) < 4.78 is 11.1. The van der Waals surface area contributed by atoms with Crippen LogP contribution in [0, 0.1) is 20.8 Å². The number of nitrogens with one attached hydrogen (secondary N) is 2. The van der Waals surface area contributed by atoms with Crippen LogP contribution >= 0.6 is 0 Å². The van der Waals surface area contributed by atoms with Crippen molar-refractivity contribution >= 4 is 34.0 Å². The molecule has 9 heteroatoms. The predicted molar refractivity (Wildman–Crippen MR) is 127 cm³/mol. The fourth-order valence-corrected chi connectivity index (χ4v) is 3.90. The van der Waals surface area contributed by atoms with Crippen LogP contribution in [0.5, 0.6) is 5.75 Å². The lowest BCUT2D eigenvalue weighted by atomic mass is 10.0. The third-order valence-corrected chi connectivity index (χ3v) is 5.42. The minimum atomic E-state index is 0.632. The second kappa shape index (κ2) is 8.33. The van der Waals surface area contributed by atoms with Gasteiger partial charge in [-0.1, -0.05) is 12.1 Å². The van der Waals surface area contributed by atoms with Gasteiger partial charge >= 0.3 is 0 Å². The van der Waals surface area contributed by atoms with E-state index in [2.05, 4.69) is 30.4 Å². The van der Waals surface area contributed by atoms with Crippen molar-refractivity contribution < 1.29 is 9.26 Å². The summed E-state index contributed by atoms with van der Waals surface area (Å²) in [5.74, 6) is 2.72. The van der Waals surface area contributed by atoms with Crippen LogP contribution in [-0.4, -0.2) is 40.5 Å². The van der Waals surface area contributed by atoms with Gasteiger partial charge < -0.3 is 25.3 Å². The van der Waals surface area contributed by atoms with Crippen molar-refractivity contribution in [2.24, 2.45) is 10.7 Å². The van der Waals surface area contributed by atoms with Gasteiger partial charge in [0.05, 0.1) is 29.5 Å². The topological polar surface area (TPSA) is 127 Å². The molecule has 0 aliphatic carbocycles. The second-order valence-electron chi connectivity index (χ2n) is 7.57. The van der Waals surface area contributed by atoms with Crippen molar-refractivity contribution in [2.75, 3.05) is 19.5 Å². The molecule has 1 aromatic carbocycles. The maximum atomic E-state index is 6.21. The van der Waals surface area contributed by atoms with Crippen molar-refractivity contribution in [3.63, 3.8) is 0 Å². The second-order valence-corrected chi connectivity index (χ2v) is 7.57. The smallest absolute Gasteiger partial charge is 0.144 e. The lowest BCUT2D eigenvalue weighted by molar-refractivity contribution is 0.393. The minimum absolute atomic E-state index is 0.632. The molecular weight excluding hydrogens is 406 g/mol. The van der Waals surface area contributed by atoms with E-state index >= 15 is 0 Å². The Morgan fingerprint density at radius 1 is 1.28 bits per heavy atom. The van der Waals surface area contributed by atoms with E-state index in [0.717, 1.165) is 44.5 Å². The number of methoxy groups -OCH3 is 1. The number of hydrogen-bond donors (Lipinski definition) is 3. The van der Waals surface area contributed by atoms with Crippen LogP contribution < -0.4 is 15.8 Å². The Hall–Kier alpha value is -3.88. The Kier molecular flexibility index (Phi) is 5.56. The Bertz CT molecular complexity index is 1360. The number of benzene rings is 1. The molecule has 0 spiro atoms. The Labute approximate surface area is 185 Å². The Morgan fingerprint density at radius 3 is 2.69 bits per heavy atom. The highest BCUT2D eigenvalue weighted by molar-refractivity contribution is 6.13. The molecule has 0 atom stereocenters. The maximum absolute atomic E-state index is 6.21. The average Bonchev–Trinajstić information content (AvgIpc) is 3.29. The molecule has 0 amide bonds. The Balaban J connectivity index is 1.99. The monoisotopic (exact) mass is 433 g/mol. The molecule has 9 nitrogen and oxygen atoms in total. The summed E-state index contributed by atoms with van der Waals surface area (Å²) in [6.45, 7) is 7.65. The minimum Gasteiger partial charge on any atom is -0.496 e. The normalized spacial score (nSPS) is 12.7. The molecule has 0 radical (unpaired) electrons. The molecule has 0 unspecified atom stereocenters. The largest absolute Gasteiger partial charge is 0.496 e. The molecule has 0 saturated heterocycles. The zero-order valence-corrected chi connectivity index (χ0v) is 19.1. The number of aromatic nitrogens is 4. The molecule has 3 heterocycles. The summed E-state index contributed by atoms with van der Waals surface area (Å²) in [7, 11) is 3.36. The molecule has 0 saturated carbocycles. The molecule has 166 valence electrons. The van der Waals surface area contributed by atoms with Crippen LogP contribution in [0.3, 0.4) is 0 Å². The van der Waals surface area contributed by atoms with E-state index in [1.807, 2.05) is 39.8 Å². The lowest BCUT2D eigenvalue weighted by Crippen LogP contribution is -2.12. The van der Waals surface area contributed by atoms with Crippen molar-refractivity contribution in [2.45, 2.75) is 34.1 Å². The fraction of sp³-hybridized carbons (Fsp3) is 0.304. The van der Waals surface area contributed by atoms with Crippen molar-refractivity contribution in [1.29, 1.82) is 0 Å². The predicted octanol–water partition coefficient (Wildman–Crippen LogP) is 4.39. The number of aryl methyl sites for hydroxylation is 3. The van der Waals surface area contributed by atoms with Gasteiger partial charge in [-0.2, -0.15) is 0 Å². The molecule has 32 heavy (non-hydrogen) atoms. The van der Waals surface area contributed by atoms with E-state index in [9.17, 15) is 0 Å². The number of H-pyrrole nitrogens is 1. The van der Waals surface area contributed by atoms with Gasteiger partial charge in [0.15, 0.2) is 0 Å².